The lowest BCUT2D eigenvalue weighted by Crippen LogP contribution is -2.49. The smallest absolute Gasteiger partial charge is 0.409 e. The van der Waals surface area contributed by atoms with Gasteiger partial charge in [-0.15, -0.1) is 0 Å². The van der Waals surface area contributed by atoms with E-state index >= 15 is 0 Å². The Bertz CT molecular complexity index is 913. The molecule has 3 fully saturated rings. The molecule has 3 aliphatic heterocycles. The van der Waals surface area contributed by atoms with Crippen molar-refractivity contribution in [1.82, 2.24) is 29.4 Å². The first-order chi connectivity index (χ1) is 22.7. The van der Waals surface area contributed by atoms with Crippen LogP contribution in [0.4, 0.5) is 19.2 Å². The van der Waals surface area contributed by atoms with Gasteiger partial charge in [-0.25, -0.2) is 19.2 Å². The molecule has 16 nitrogen and oxygen atoms in total. The van der Waals surface area contributed by atoms with Gasteiger partial charge in [0.15, 0.2) is 0 Å². The zero-order valence-electron chi connectivity index (χ0n) is 28.8. The molecule has 16 heteroatoms. The summed E-state index contributed by atoms with van der Waals surface area (Å²) in [6, 6.07) is 0. The van der Waals surface area contributed by atoms with Gasteiger partial charge < -0.3 is 52.9 Å². The highest BCUT2D eigenvalue weighted by Gasteiger charge is 2.25. The molecule has 0 atom stereocenters. The fraction of sp³-hybridized carbons (Fsp3) is 0.806. The molecule has 0 saturated carbocycles. The van der Waals surface area contributed by atoms with Gasteiger partial charge in [-0.1, -0.05) is 6.58 Å². The molecule has 0 aromatic rings. The van der Waals surface area contributed by atoms with E-state index < -0.39 is 24.4 Å². The largest absolute Gasteiger partial charge is 0.450 e. The predicted molar refractivity (Wildman–Crippen MR) is 173 cm³/mol. The van der Waals surface area contributed by atoms with Crippen molar-refractivity contribution in [1.29, 1.82) is 0 Å². The minimum atomic E-state index is -0.493. The van der Waals surface area contributed by atoms with Gasteiger partial charge in [0.1, 0.15) is 0 Å². The van der Waals surface area contributed by atoms with Crippen LogP contribution in [0.2, 0.25) is 0 Å². The second kappa shape index (κ2) is 22.9. The summed E-state index contributed by atoms with van der Waals surface area (Å²) < 4.78 is 33.1. The molecular weight excluding hydrogens is 616 g/mol. The minimum absolute atomic E-state index is 0.204. The highest BCUT2D eigenvalue weighted by atomic mass is 16.6. The van der Waals surface area contributed by atoms with Crippen LogP contribution in [-0.4, -0.2) is 192 Å². The Kier molecular flexibility index (Phi) is 19.4. The van der Waals surface area contributed by atoms with Crippen LogP contribution < -0.4 is 0 Å². The Morgan fingerprint density at radius 2 is 0.851 bits per heavy atom. The molecular formula is C31H56N6O10. The second-order valence-corrected chi connectivity index (χ2v) is 10.8. The third-order valence-electron chi connectivity index (χ3n) is 7.68. The quantitative estimate of drug-likeness (QED) is 0.403. The lowest BCUT2D eigenvalue weighted by atomic mass is 10.3. The molecule has 0 aliphatic carbocycles. The van der Waals surface area contributed by atoms with Crippen LogP contribution in [0.3, 0.4) is 0 Å². The van der Waals surface area contributed by atoms with Crippen molar-refractivity contribution >= 4 is 24.4 Å². The summed E-state index contributed by atoms with van der Waals surface area (Å²) in [6.07, 6.45) is -1.94. The summed E-state index contributed by atoms with van der Waals surface area (Å²) in [6.45, 7) is 17.6. The number of hydrogen-bond acceptors (Lipinski definition) is 12. The van der Waals surface area contributed by atoms with E-state index in [2.05, 4.69) is 11.5 Å². The highest BCUT2D eigenvalue weighted by molar-refractivity contribution is 5.69. The monoisotopic (exact) mass is 672 g/mol. The first-order valence-corrected chi connectivity index (χ1v) is 16.7. The van der Waals surface area contributed by atoms with Gasteiger partial charge in [0.25, 0.3) is 0 Å². The molecule has 0 unspecified atom stereocenters. The predicted octanol–water partition coefficient (Wildman–Crippen LogP) is 2.00. The number of hydrogen-bond donors (Lipinski definition) is 0. The van der Waals surface area contributed by atoms with E-state index in [0.717, 1.165) is 0 Å². The van der Waals surface area contributed by atoms with Crippen LogP contribution in [0.25, 0.3) is 0 Å². The first kappa shape index (κ1) is 39.7. The van der Waals surface area contributed by atoms with Crippen LogP contribution >= 0.6 is 0 Å². The van der Waals surface area contributed by atoms with Crippen LogP contribution in [0.1, 0.15) is 27.7 Å². The molecule has 0 aromatic heterocycles. The van der Waals surface area contributed by atoms with Crippen LogP contribution in [0, 0.1) is 0 Å². The van der Waals surface area contributed by atoms with Crippen LogP contribution in [-0.2, 0) is 28.4 Å². The van der Waals surface area contributed by atoms with Crippen molar-refractivity contribution in [2.45, 2.75) is 27.7 Å². The van der Waals surface area contributed by atoms with Crippen molar-refractivity contribution in [2.75, 3.05) is 138 Å². The fourth-order valence-electron chi connectivity index (χ4n) is 4.98. The molecule has 0 spiro atoms. The van der Waals surface area contributed by atoms with Crippen molar-refractivity contribution < 1.29 is 47.6 Å². The van der Waals surface area contributed by atoms with E-state index in [1.165, 1.54) is 0 Å². The van der Waals surface area contributed by atoms with Gasteiger partial charge in [0.2, 0.25) is 0 Å². The Balaban J connectivity index is 2.51. The maximum absolute atomic E-state index is 13.0. The van der Waals surface area contributed by atoms with Gasteiger partial charge in [-0.3, -0.25) is 4.90 Å². The molecule has 3 heterocycles. The lowest BCUT2D eigenvalue weighted by molar-refractivity contribution is 0.0337. The van der Waals surface area contributed by atoms with E-state index in [4.69, 9.17) is 28.4 Å². The van der Waals surface area contributed by atoms with Crippen molar-refractivity contribution in [2.24, 2.45) is 0 Å². The zero-order chi connectivity index (χ0) is 34.4. The Morgan fingerprint density at radius 3 is 1.23 bits per heavy atom. The fourth-order valence-corrected chi connectivity index (χ4v) is 4.98. The molecule has 4 amide bonds. The molecule has 3 aliphatic rings. The number of amides is 4. The number of carbonyl (C=O) groups excluding carboxylic acids is 4. The maximum Gasteiger partial charge on any atom is 0.409 e. The third kappa shape index (κ3) is 14.9. The van der Waals surface area contributed by atoms with Crippen molar-refractivity contribution in [3.05, 3.63) is 12.3 Å². The maximum atomic E-state index is 13.0. The van der Waals surface area contributed by atoms with E-state index in [1.54, 1.807) is 47.3 Å². The molecule has 3 saturated heterocycles. The Labute approximate surface area is 279 Å². The van der Waals surface area contributed by atoms with E-state index in [-0.39, 0.29) is 72.3 Å². The summed E-state index contributed by atoms with van der Waals surface area (Å²) in [7, 11) is 0. The van der Waals surface area contributed by atoms with Gasteiger partial charge in [0, 0.05) is 90.8 Å². The topological polar surface area (TPSA) is 143 Å². The average Bonchev–Trinajstić information content (AvgIpc) is 3.04. The summed E-state index contributed by atoms with van der Waals surface area (Å²) in [4.78, 5) is 62.4. The molecule has 0 radical (unpaired) electrons. The number of rotatable bonds is 4. The lowest BCUT2D eigenvalue weighted by Gasteiger charge is -2.34. The second-order valence-electron chi connectivity index (χ2n) is 10.8. The van der Waals surface area contributed by atoms with E-state index in [9.17, 15) is 19.2 Å². The number of nitrogens with zero attached hydrogens (tertiary/aromatic N) is 6. The van der Waals surface area contributed by atoms with Gasteiger partial charge in [-0.05, 0) is 27.7 Å². The Hall–Kier alpha value is -3.50. The van der Waals surface area contributed by atoms with Crippen LogP contribution in [0.5, 0.6) is 0 Å². The van der Waals surface area contributed by atoms with Gasteiger partial charge >= 0.3 is 24.4 Å². The molecule has 270 valence electrons. The average molecular weight is 673 g/mol. The molecule has 0 N–H and O–H groups in total. The third-order valence-corrected chi connectivity index (χ3v) is 7.68. The Morgan fingerprint density at radius 1 is 0.511 bits per heavy atom. The standard InChI is InChI=1S/C31H56N6O10/c1-6-44-28(38)34-12-10-32-11-13-35(29(39)45-7-2)19-21-37(31(41)47-9-4)17-15-33(27(5)26-43-25-24-42-23-22-32)14-16-36(20-18-34)30(40)46-8-3/h5-26H2,1-4H3. The van der Waals surface area contributed by atoms with Crippen LogP contribution in [0.15, 0.2) is 12.3 Å². The molecule has 3 rings (SSSR count). The minimum Gasteiger partial charge on any atom is -0.450 e. The van der Waals surface area contributed by atoms with Gasteiger partial charge in [0.05, 0.1) is 52.9 Å². The van der Waals surface area contributed by atoms with E-state index in [0.29, 0.717) is 71.3 Å². The van der Waals surface area contributed by atoms with Crippen molar-refractivity contribution in [3.63, 3.8) is 0 Å². The number of ether oxygens (including phenoxy) is 6. The molecule has 47 heavy (non-hydrogen) atoms. The zero-order valence-corrected chi connectivity index (χ0v) is 28.8. The number of fused-ring (bicyclic) bond motifs is 21. The summed E-state index contributed by atoms with van der Waals surface area (Å²) in [5.41, 5.74) is 0.660. The van der Waals surface area contributed by atoms with Gasteiger partial charge in [-0.2, -0.15) is 0 Å². The molecule has 2 bridgehead atoms. The summed E-state index contributed by atoms with van der Waals surface area (Å²) >= 11 is 0. The van der Waals surface area contributed by atoms with E-state index in [1.807, 2.05) is 4.90 Å². The summed E-state index contributed by atoms with van der Waals surface area (Å²) in [5, 5.41) is 0. The summed E-state index contributed by atoms with van der Waals surface area (Å²) in [5.74, 6) is 0. The van der Waals surface area contributed by atoms with Crippen molar-refractivity contribution in [3.8, 4) is 0 Å². The highest BCUT2D eigenvalue weighted by Crippen LogP contribution is 2.09. The number of carbonyl (C=O) groups is 4. The normalized spacial score (nSPS) is 19.1. The SMILES string of the molecule is C=C1COCCOCCN2CCN(C(=O)OCC)CCN(C(=O)OCC)CCN1CCN(C(=O)OCC)CCN(C(=O)OCC)CC2. The first-order valence-electron chi connectivity index (χ1n) is 16.7. The molecule has 0 aromatic carbocycles.